The van der Waals surface area contributed by atoms with Crippen LogP contribution < -0.4 is 10.6 Å². The van der Waals surface area contributed by atoms with Gasteiger partial charge in [-0.05, 0) is 105 Å². The van der Waals surface area contributed by atoms with Crippen LogP contribution in [0.15, 0.2) is 18.2 Å². The van der Waals surface area contributed by atoms with E-state index in [4.69, 9.17) is 0 Å². The first-order valence-electron chi connectivity index (χ1n) is 14.1. The Balaban J connectivity index is 1.61. The van der Waals surface area contributed by atoms with E-state index in [-0.39, 0.29) is 23.9 Å². The Labute approximate surface area is 214 Å². The molecule has 4 unspecified atom stereocenters. The molecule has 2 aliphatic carbocycles. The van der Waals surface area contributed by atoms with E-state index in [1.54, 1.807) is 6.07 Å². The van der Waals surface area contributed by atoms with Crippen LogP contribution in [-0.4, -0.2) is 23.9 Å². The van der Waals surface area contributed by atoms with E-state index >= 15 is 0 Å². The zero-order valence-corrected chi connectivity index (χ0v) is 23.4. The zero-order chi connectivity index (χ0) is 25.8. The number of rotatable bonds is 4. The van der Waals surface area contributed by atoms with E-state index in [1.165, 1.54) is 12.8 Å². The molecule has 0 heterocycles. The molecule has 0 aliphatic heterocycles. The lowest BCUT2D eigenvalue weighted by Crippen LogP contribution is -2.36. The van der Waals surface area contributed by atoms with Gasteiger partial charge in [-0.3, -0.25) is 9.59 Å². The van der Waals surface area contributed by atoms with Gasteiger partial charge in [-0.25, -0.2) is 0 Å². The molecule has 2 fully saturated rings. The van der Waals surface area contributed by atoms with Gasteiger partial charge in [0.1, 0.15) is 0 Å². The van der Waals surface area contributed by atoms with E-state index in [1.807, 2.05) is 19.1 Å². The van der Waals surface area contributed by atoms with Crippen molar-refractivity contribution in [3.63, 3.8) is 0 Å². The molecule has 0 radical (unpaired) electrons. The second kappa shape index (κ2) is 11.5. The fourth-order valence-corrected chi connectivity index (χ4v) is 6.21. The minimum atomic E-state index is -0.0514. The molecule has 1 aromatic rings. The number of carbonyl (C=O) groups excluding carboxylic acids is 2. The normalized spacial score (nSPS) is 26.4. The molecule has 0 spiro atoms. The van der Waals surface area contributed by atoms with Crippen LogP contribution >= 0.6 is 0 Å². The molecule has 1 aromatic carbocycles. The van der Waals surface area contributed by atoms with Crippen LogP contribution in [-0.2, 0) is 0 Å². The van der Waals surface area contributed by atoms with Gasteiger partial charge in [-0.1, -0.05) is 54.4 Å². The predicted octanol–water partition coefficient (Wildman–Crippen LogP) is 7.44. The zero-order valence-electron chi connectivity index (χ0n) is 23.4. The Bertz CT molecular complexity index is 809. The minimum Gasteiger partial charge on any atom is -0.349 e. The first-order valence-corrected chi connectivity index (χ1v) is 14.1. The second-order valence-corrected chi connectivity index (χ2v) is 13.6. The molecule has 4 heteroatoms. The summed E-state index contributed by atoms with van der Waals surface area (Å²) in [4.78, 5) is 26.3. The summed E-state index contributed by atoms with van der Waals surface area (Å²) in [6.07, 6.45) is 11.3. The fourth-order valence-electron chi connectivity index (χ4n) is 6.21. The molecule has 2 saturated carbocycles. The van der Waals surface area contributed by atoms with Crippen molar-refractivity contribution in [2.45, 2.75) is 125 Å². The Morgan fingerprint density at radius 3 is 1.40 bits per heavy atom. The highest BCUT2D eigenvalue weighted by Gasteiger charge is 2.30. The van der Waals surface area contributed by atoms with Gasteiger partial charge in [-0.15, -0.1) is 0 Å². The quantitative estimate of drug-likeness (QED) is 0.438. The summed E-state index contributed by atoms with van der Waals surface area (Å²) >= 11 is 0. The summed E-state index contributed by atoms with van der Waals surface area (Å²) in [5, 5.41) is 6.56. The van der Waals surface area contributed by atoms with E-state index in [9.17, 15) is 9.59 Å². The minimum absolute atomic E-state index is 0.0514. The summed E-state index contributed by atoms with van der Waals surface area (Å²) in [7, 11) is 0. The second-order valence-electron chi connectivity index (χ2n) is 13.6. The molecule has 0 aromatic heterocycles. The number of nitrogens with one attached hydrogen (secondary N) is 2. The van der Waals surface area contributed by atoms with Gasteiger partial charge >= 0.3 is 0 Å². The third-order valence-corrected chi connectivity index (χ3v) is 8.66. The topological polar surface area (TPSA) is 58.2 Å². The predicted molar refractivity (Wildman–Crippen MR) is 146 cm³/mol. The van der Waals surface area contributed by atoms with Crippen LogP contribution in [0.2, 0.25) is 0 Å². The summed E-state index contributed by atoms with van der Waals surface area (Å²) < 4.78 is 0. The maximum absolute atomic E-state index is 13.2. The van der Waals surface area contributed by atoms with Crippen LogP contribution in [0.1, 0.15) is 132 Å². The average Bonchev–Trinajstić information content (AvgIpc) is 3.13. The standard InChI is InChI=1S/C31H50N2O2/c1-21-18-22(28(34)32-26-12-8-10-24(14-16-26)30(2,3)4)20-23(19-21)29(35)33-27-13-9-11-25(15-17-27)31(5,6)7/h18-20,24-27H,8-17H2,1-7H3,(H,32,34)(H,33,35). The number of benzene rings is 1. The average molecular weight is 483 g/mol. The molecule has 2 aliphatic rings. The van der Waals surface area contributed by atoms with E-state index in [0.717, 1.165) is 56.9 Å². The number of hydrogen-bond donors (Lipinski definition) is 2. The first-order chi connectivity index (χ1) is 16.3. The molecular weight excluding hydrogens is 432 g/mol. The number of hydrogen-bond acceptors (Lipinski definition) is 2. The SMILES string of the molecule is Cc1cc(C(=O)NC2CCCC(C(C)(C)C)CC2)cc(C(=O)NC2CCCC(C(C)(C)C)CC2)c1. The van der Waals surface area contributed by atoms with E-state index in [0.29, 0.717) is 33.8 Å². The van der Waals surface area contributed by atoms with Gasteiger partial charge in [0.25, 0.3) is 11.8 Å². The monoisotopic (exact) mass is 482 g/mol. The highest BCUT2D eigenvalue weighted by Crippen LogP contribution is 2.38. The van der Waals surface area contributed by atoms with Crippen LogP contribution in [0.3, 0.4) is 0 Å². The van der Waals surface area contributed by atoms with E-state index < -0.39 is 0 Å². The molecule has 3 rings (SSSR count). The Morgan fingerprint density at radius 1 is 0.629 bits per heavy atom. The van der Waals surface area contributed by atoms with E-state index in [2.05, 4.69) is 52.2 Å². The van der Waals surface area contributed by atoms with Crippen molar-refractivity contribution in [1.82, 2.24) is 10.6 Å². The van der Waals surface area contributed by atoms with Gasteiger partial charge in [0, 0.05) is 23.2 Å². The first kappa shape index (κ1) is 27.7. The van der Waals surface area contributed by atoms with Crippen molar-refractivity contribution in [2.24, 2.45) is 22.7 Å². The molecule has 4 nitrogen and oxygen atoms in total. The van der Waals surface area contributed by atoms with Gasteiger partial charge < -0.3 is 10.6 Å². The number of aryl methyl sites for hydroxylation is 1. The lowest BCUT2D eigenvalue weighted by molar-refractivity contribution is 0.0931. The third kappa shape index (κ3) is 8.08. The molecule has 196 valence electrons. The largest absolute Gasteiger partial charge is 0.349 e. The lowest BCUT2D eigenvalue weighted by Gasteiger charge is -2.29. The van der Waals surface area contributed by atoms with Crippen molar-refractivity contribution < 1.29 is 9.59 Å². The van der Waals surface area contributed by atoms with Crippen LogP contribution in [0, 0.1) is 29.6 Å². The van der Waals surface area contributed by atoms with Crippen molar-refractivity contribution in [1.29, 1.82) is 0 Å². The maximum atomic E-state index is 13.2. The maximum Gasteiger partial charge on any atom is 0.251 e. The van der Waals surface area contributed by atoms with Gasteiger partial charge in [-0.2, -0.15) is 0 Å². The Kier molecular flexibility index (Phi) is 9.10. The van der Waals surface area contributed by atoms with Gasteiger partial charge in [0.05, 0.1) is 0 Å². The lowest BCUT2D eigenvalue weighted by atomic mass is 9.76. The summed E-state index contributed by atoms with van der Waals surface area (Å²) in [6, 6.07) is 6.02. The van der Waals surface area contributed by atoms with Gasteiger partial charge in [0.2, 0.25) is 0 Å². The molecule has 4 atom stereocenters. The molecule has 2 N–H and O–H groups in total. The highest BCUT2D eigenvalue weighted by molar-refractivity contribution is 6.00. The van der Waals surface area contributed by atoms with Crippen LogP contribution in [0.4, 0.5) is 0 Å². The highest BCUT2D eigenvalue weighted by atomic mass is 16.2. The van der Waals surface area contributed by atoms with Crippen LogP contribution in [0.5, 0.6) is 0 Å². The van der Waals surface area contributed by atoms with Crippen molar-refractivity contribution in [3.05, 3.63) is 34.9 Å². The molecule has 0 saturated heterocycles. The fraction of sp³-hybridized carbons (Fsp3) is 0.742. The Hall–Kier alpha value is -1.84. The third-order valence-electron chi connectivity index (χ3n) is 8.66. The molecule has 35 heavy (non-hydrogen) atoms. The smallest absolute Gasteiger partial charge is 0.251 e. The summed E-state index contributed by atoms with van der Waals surface area (Å²) in [5.41, 5.74) is 2.79. The number of carbonyl (C=O) groups is 2. The van der Waals surface area contributed by atoms with Crippen molar-refractivity contribution in [3.8, 4) is 0 Å². The van der Waals surface area contributed by atoms with Crippen molar-refractivity contribution >= 4 is 11.8 Å². The molecule has 2 amide bonds. The molecule has 0 bridgehead atoms. The molecular formula is C31H50N2O2. The number of amides is 2. The summed E-state index contributed by atoms with van der Waals surface area (Å²) in [6.45, 7) is 15.9. The van der Waals surface area contributed by atoms with Crippen LogP contribution in [0.25, 0.3) is 0 Å². The van der Waals surface area contributed by atoms with Crippen molar-refractivity contribution in [2.75, 3.05) is 0 Å². The Morgan fingerprint density at radius 2 is 1.03 bits per heavy atom. The summed E-state index contributed by atoms with van der Waals surface area (Å²) in [5.74, 6) is 1.32. The van der Waals surface area contributed by atoms with Gasteiger partial charge in [0.15, 0.2) is 0 Å².